The molecule has 0 aromatic carbocycles. The van der Waals surface area contributed by atoms with Gasteiger partial charge in [-0.1, -0.05) is 11.8 Å². The second-order valence-corrected chi connectivity index (χ2v) is 2.53. The van der Waals surface area contributed by atoms with Crippen LogP contribution < -0.4 is 0 Å². The van der Waals surface area contributed by atoms with Crippen LogP contribution in [0, 0.1) is 0 Å². The van der Waals surface area contributed by atoms with Gasteiger partial charge in [-0.3, -0.25) is 0 Å². The van der Waals surface area contributed by atoms with E-state index in [1.54, 1.807) is 6.20 Å². The van der Waals surface area contributed by atoms with Gasteiger partial charge in [0, 0.05) is 6.20 Å². The van der Waals surface area contributed by atoms with Crippen molar-refractivity contribution in [3.05, 3.63) is 42.1 Å². The van der Waals surface area contributed by atoms with Gasteiger partial charge < -0.3 is 4.90 Å². The molecule has 0 N–H and O–H groups in total. The number of amidine groups is 1. The van der Waals surface area contributed by atoms with Crippen LogP contribution in [0.15, 0.2) is 47.0 Å². The molecule has 0 aromatic heterocycles. The Kier molecular flexibility index (Phi) is 1.27. The molecule has 2 nitrogen and oxygen atoms in total. The Balaban J connectivity index is 2.44. The Labute approximate surface area is 65.5 Å². The molecule has 0 saturated carbocycles. The maximum absolute atomic E-state index is 4.13. The van der Waals surface area contributed by atoms with Gasteiger partial charge in [-0.15, -0.1) is 0 Å². The van der Waals surface area contributed by atoms with E-state index in [2.05, 4.69) is 17.6 Å². The monoisotopic (exact) mass is 144 g/mol. The summed E-state index contributed by atoms with van der Waals surface area (Å²) >= 11 is 0. The predicted octanol–water partition coefficient (Wildman–Crippen LogP) is 1.80. The highest BCUT2D eigenvalue weighted by molar-refractivity contribution is 5.96. The van der Waals surface area contributed by atoms with Crippen LogP contribution in [0.4, 0.5) is 0 Å². The zero-order valence-corrected chi connectivity index (χ0v) is 6.28. The predicted molar refractivity (Wildman–Crippen MR) is 44.8 cm³/mol. The van der Waals surface area contributed by atoms with Gasteiger partial charge in [-0.05, 0) is 18.6 Å². The van der Waals surface area contributed by atoms with Gasteiger partial charge >= 0.3 is 0 Å². The zero-order valence-electron chi connectivity index (χ0n) is 6.28. The van der Waals surface area contributed by atoms with Crippen LogP contribution in [0.5, 0.6) is 0 Å². The Hall–Kier alpha value is -1.53. The standard InChI is InChI=1S/C9H8N2/c1-8-3-4-9-10-5-2-6-11(9)7-8/h3-7H,1H3. The molecule has 2 heteroatoms. The number of hydrogen-bond acceptors (Lipinski definition) is 2. The molecule has 0 spiro atoms. The van der Waals surface area contributed by atoms with Crippen LogP contribution in [-0.4, -0.2) is 10.7 Å². The van der Waals surface area contributed by atoms with Crippen LogP contribution in [0.3, 0.4) is 0 Å². The molecule has 2 aliphatic rings. The molecule has 2 heterocycles. The molecular formula is C9H8N2. The molecule has 0 aromatic rings. The highest BCUT2D eigenvalue weighted by atomic mass is 15.2. The lowest BCUT2D eigenvalue weighted by atomic mass is 10.2. The SMILES string of the molecule is CC1=CN2C=C=CN=C2C=C1. The lowest BCUT2D eigenvalue weighted by Crippen LogP contribution is -2.21. The molecule has 0 fully saturated rings. The van der Waals surface area contributed by atoms with Crippen LogP contribution >= 0.6 is 0 Å². The molecule has 2 aliphatic heterocycles. The minimum absolute atomic E-state index is 0.953. The van der Waals surface area contributed by atoms with Crippen LogP contribution in [0.1, 0.15) is 6.92 Å². The third-order valence-corrected chi connectivity index (χ3v) is 1.59. The van der Waals surface area contributed by atoms with Crippen molar-refractivity contribution in [3.8, 4) is 0 Å². The van der Waals surface area contributed by atoms with E-state index in [9.17, 15) is 0 Å². The largest absolute Gasteiger partial charge is 0.301 e. The van der Waals surface area contributed by atoms with E-state index < -0.39 is 0 Å². The second kappa shape index (κ2) is 2.26. The summed E-state index contributed by atoms with van der Waals surface area (Å²) in [5.74, 6) is 0.953. The summed E-state index contributed by atoms with van der Waals surface area (Å²) in [4.78, 5) is 6.08. The van der Waals surface area contributed by atoms with Gasteiger partial charge in [-0.2, -0.15) is 0 Å². The number of fused-ring (bicyclic) bond motifs is 1. The maximum atomic E-state index is 4.13. The third-order valence-electron chi connectivity index (χ3n) is 1.59. The van der Waals surface area contributed by atoms with Crippen molar-refractivity contribution >= 4 is 5.84 Å². The highest BCUT2D eigenvalue weighted by Gasteiger charge is 2.07. The maximum Gasteiger partial charge on any atom is 0.137 e. The van der Waals surface area contributed by atoms with Crippen LogP contribution in [-0.2, 0) is 0 Å². The van der Waals surface area contributed by atoms with E-state index in [1.165, 1.54) is 5.57 Å². The van der Waals surface area contributed by atoms with Crippen molar-refractivity contribution in [3.63, 3.8) is 0 Å². The van der Waals surface area contributed by atoms with Crippen molar-refractivity contribution in [2.45, 2.75) is 6.92 Å². The molecule has 0 bridgehead atoms. The Morgan fingerprint density at radius 2 is 2.36 bits per heavy atom. The molecule has 54 valence electrons. The average Bonchev–Trinajstić information content (AvgIpc) is 2.04. The molecule has 0 atom stereocenters. The molecule has 0 amide bonds. The summed E-state index contributed by atoms with van der Waals surface area (Å²) < 4.78 is 0. The number of hydrogen-bond donors (Lipinski definition) is 0. The summed E-state index contributed by atoms with van der Waals surface area (Å²) in [5.41, 5.74) is 4.14. The number of rotatable bonds is 0. The highest BCUT2D eigenvalue weighted by Crippen LogP contribution is 2.11. The van der Waals surface area contributed by atoms with Crippen LogP contribution in [0.25, 0.3) is 0 Å². The van der Waals surface area contributed by atoms with E-state index in [-0.39, 0.29) is 0 Å². The van der Waals surface area contributed by atoms with E-state index in [1.807, 2.05) is 29.5 Å². The van der Waals surface area contributed by atoms with Crippen molar-refractivity contribution < 1.29 is 0 Å². The lowest BCUT2D eigenvalue weighted by Gasteiger charge is -2.19. The smallest absolute Gasteiger partial charge is 0.137 e. The van der Waals surface area contributed by atoms with Gasteiger partial charge in [0.15, 0.2) is 0 Å². The molecule has 2 rings (SSSR count). The van der Waals surface area contributed by atoms with Crippen molar-refractivity contribution in [2.75, 3.05) is 0 Å². The van der Waals surface area contributed by atoms with Crippen molar-refractivity contribution in [1.82, 2.24) is 4.90 Å². The first-order valence-corrected chi connectivity index (χ1v) is 3.50. The average molecular weight is 144 g/mol. The van der Waals surface area contributed by atoms with E-state index in [0.29, 0.717) is 0 Å². The number of allylic oxidation sites excluding steroid dienone is 2. The first-order chi connectivity index (χ1) is 5.36. The molecular weight excluding hydrogens is 136 g/mol. The molecule has 0 radical (unpaired) electrons. The van der Waals surface area contributed by atoms with Crippen LogP contribution in [0.2, 0.25) is 0 Å². The summed E-state index contributed by atoms with van der Waals surface area (Å²) in [6, 6.07) is 0. The molecule has 11 heavy (non-hydrogen) atoms. The second-order valence-electron chi connectivity index (χ2n) is 2.53. The normalized spacial score (nSPS) is 19.5. The van der Waals surface area contributed by atoms with Gasteiger partial charge in [0.1, 0.15) is 5.84 Å². The molecule has 0 aliphatic carbocycles. The summed E-state index contributed by atoms with van der Waals surface area (Å²) in [7, 11) is 0. The quantitative estimate of drug-likeness (QED) is 0.473. The van der Waals surface area contributed by atoms with Gasteiger partial charge in [0.05, 0.1) is 12.4 Å². The Bertz CT molecular complexity index is 325. The fraction of sp³-hybridized carbons (Fsp3) is 0.111. The zero-order chi connectivity index (χ0) is 7.68. The van der Waals surface area contributed by atoms with E-state index >= 15 is 0 Å². The minimum atomic E-state index is 0.953. The van der Waals surface area contributed by atoms with Crippen molar-refractivity contribution in [1.29, 1.82) is 0 Å². The molecule has 0 saturated heterocycles. The fourth-order valence-corrected chi connectivity index (χ4v) is 1.05. The Morgan fingerprint density at radius 3 is 3.27 bits per heavy atom. The third kappa shape index (κ3) is 1.04. The topological polar surface area (TPSA) is 15.6 Å². The number of nitrogens with zero attached hydrogens (tertiary/aromatic N) is 2. The fourth-order valence-electron chi connectivity index (χ4n) is 1.05. The first kappa shape index (κ1) is 6.20. The van der Waals surface area contributed by atoms with Gasteiger partial charge in [0.2, 0.25) is 0 Å². The van der Waals surface area contributed by atoms with Gasteiger partial charge in [0.25, 0.3) is 0 Å². The van der Waals surface area contributed by atoms with E-state index in [0.717, 1.165) is 5.84 Å². The van der Waals surface area contributed by atoms with Gasteiger partial charge in [-0.25, -0.2) is 4.99 Å². The number of aliphatic imine (C=N–C) groups is 1. The summed E-state index contributed by atoms with van der Waals surface area (Å²) in [6.45, 7) is 2.06. The lowest BCUT2D eigenvalue weighted by molar-refractivity contribution is 0.745. The summed E-state index contributed by atoms with van der Waals surface area (Å²) in [6.07, 6.45) is 9.60. The Morgan fingerprint density at radius 1 is 1.45 bits per heavy atom. The summed E-state index contributed by atoms with van der Waals surface area (Å²) in [5, 5.41) is 0. The van der Waals surface area contributed by atoms with Crippen molar-refractivity contribution in [2.24, 2.45) is 4.99 Å². The first-order valence-electron chi connectivity index (χ1n) is 3.50. The molecule has 0 unspecified atom stereocenters. The minimum Gasteiger partial charge on any atom is -0.301 e. The van der Waals surface area contributed by atoms with E-state index in [4.69, 9.17) is 0 Å².